The fraction of sp³-hybridized carbons (Fsp3) is 0.722. The van der Waals surface area contributed by atoms with Crippen molar-refractivity contribution in [1.82, 2.24) is 16.0 Å². The second kappa shape index (κ2) is 15.3. The smallest absolute Gasteiger partial charge is 0.327 e. The number of aliphatic hydroxyl groups excluding tert-OH is 1. The highest BCUT2D eigenvalue weighted by Crippen LogP contribution is 2.07. The Bertz CT molecular complexity index is 672. The number of carboxylic acids is 1. The Kier molecular flexibility index (Phi) is 14.0. The average Bonchev–Trinajstić information content (AvgIpc) is 2.71. The maximum absolute atomic E-state index is 12.7. The summed E-state index contributed by atoms with van der Waals surface area (Å²) in [4.78, 5) is 52.2. The second-order valence-electron chi connectivity index (χ2n) is 7.57. The van der Waals surface area contributed by atoms with Gasteiger partial charge in [-0.05, 0) is 25.2 Å². The van der Waals surface area contributed by atoms with Crippen LogP contribution in [-0.2, 0) is 19.2 Å². The van der Waals surface area contributed by atoms with Gasteiger partial charge in [0.25, 0.3) is 0 Å². The van der Waals surface area contributed by atoms with Crippen molar-refractivity contribution in [1.29, 1.82) is 0 Å². The van der Waals surface area contributed by atoms with Gasteiger partial charge in [-0.1, -0.05) is 13.8 Å². The van der Waals surface area contributed by atoms with Crippen molar-refractivity contribution >= 4 is 42.3 Å². The van der Waals surface area contributed by atoms with Crippen LogP contribution in [0.2, 0.25) is 0 Å². The Balaban J connectivity index is 5.07. The molecule has 3 amide bonds. The number of carbonyl (C=O) groups is 4. The lowest BCUT2D eigenvalue weighted by Crippen LogP contribution is -2.58. The molecule has 11 N–H and O–H groups in total. The van der Waals surface area contributed by atoms with Crippen molar-refractivity contribution in [3.63, 3.8) is 0 Å². The maximum atomic E-state index is 12.7. The molecule has 0 aromatic rings. The number of aliphatic hydroxyl groups is 1. The van der Waals surface area contributed by atoms with Crippen LogP contribution < -0.4 is 33.2 Å². The number of hydrogen-bond donors (Lipinski definition) is 9. The van der Waals surface area contributed by atoms with E-state index in [-0.39, 0.29) is 30.5 Å². The molecule has 0 bridgehead atoms. The van der Waals surface area contributed by atoms with Crippen LogP contribution in [0.1, 0.15) is 33.1 Å². The van der Waals surface area contributed by atoms with E-state index in [0.717, 1.165) is 0 Å². The number of nitrogens with one attached hydrogen (secondary N) is 3. The van der Waals surface area contributed by atoms with Crippen LogP contribution in [0.5, 0.6) is 0 Å². The van der Waals surface area contributed by atoms with Crippen LogP contribution in [0.3, 0.4) is 0 Å². The summed E-state index contributed by atoms with van der Waals surface area (Å²) in [5, 5.41) is 25.6. The predicted molar refractivity (Wildman–Crippen MR) is 122 cm³/mol. The Labute approximate surface area is 192 Å². The van der Waals surface area contributed by atoms with E-state index in [1.807, 2.05) is 13.8 Å². The van der Waals surface area contributed by atoms with Crippen molar-refractivity contribution in [2.24, 2.45) is 28.1 Å². The Hall–Kier alpha value is -2.58. The molecule has 32 heavy (non-hydrogen) atoms. The molecule has 14 heteroatoms. The van der Waals surface area contributed by atoms with E-state index in [0.29, 0.717) is 13.0 Å². The van der Waals surface area contributed by atoms with Gasteiger partial charge in [-0.2, -0.15) is 12.6 Å². The van der Waals surface area contributed by atoms with Crippen LogP contribution in [-0.4, -0.2) is 82.9 Å². The lowest BCUT2D eigenvalue weighted by atomic mass is 10.0. The quantitative estimate of drug-likeness (QED) is 0.0501. The third-order valence-corrected chi connectivity index (χ3v) is 4.62. The zero-order chi connectivity index (χ0) is 24.8. The molecule has 0 saturated heterocycles. The normalized spacial score (nSPS) is 14.6. The van der Waals surface area contributed by atoms with Gasteiger partial charge in [-0.15, -0.1) is 0 Å². The van der Waals surface area contributed by atoms with E-state index >= 15 is 0 Å². The van der Waals surface area contributed by atoms with Gasteiger partial charge in [-0.3, -0.25) is 19.4 Å². The van der Waals surface area contributed by atoms with Gasteiger partial charge < -0.3 is 43.4 Å². The minimum absolute atomic E-state index is 0.00566. The molecule has 0 fully saturated rings. The standard InChI is InChI=1S/C18H35N7O6S/c1-9(2)6-11(23-14(27)10(19)4-3-5-22-18(20)21)15(28)24-12(7-26)16(29)25-13(8-32)17(30)31/h9-13,26,32H,3-8,19H2,1-2H3,(H,23,27)(H,24,28)(H,25,29)(H,30,31)(H4,20,21,22). The summed E-state index contributed by atoms with van der Waals surface area (Å²) in [6, 6.07) is -4.63. The molecule has 0 saturated carbocycles. The lowest BCUT2D eigenvalue weighted by molar-refractivity contribution is -0.142. The highest BCUT2D eigenvalue weighted by atomic mass is 32.1. The summed E-state index contributed by atoms with van der Waals surface area (Å²) in [6.45, 7) is 3.20. The Morgan fingerprint density at radius 1 is 0.969 bits per heavy atom. The van der Waals surface area contributed by atoms with Gasteiger partial charge in [0, 0.05) is 12.3 Å². The predicted octanol–water partition coefficient (Wildman–Crippen LogP) is -3.13. The zero-order valence-corrected chi connectivity index (χ0v) is 19.2. The topological polar surface area (TPSA) is 235 Å². The van der Waals surface area contributed by atoms with Crippen molar-refractivity contribution < 1.29 is 29.4 Å². The molecular weight excluding hydrogens is 442 g/mol. The number of guanidine groups is 1. The average molecular weight is 478 g/mol. The fourth-order valence-electron chi connectivity index (χ4n) is 2.56. The van der Waals surface area contributed by atoms with E-state index in [1.165, 1.54) is 0 Å². The number of rotatable bonds is 15. The first-order valence-corrected chi connectivity index (χ1v) is 10.7. The van der Waals surface area contributed by atoms with Gasteiger partial charge in [0.2, 0.25) is 17.7 Å². The first-order valence-electron chi connectivity index (χ1n) is 10.1. The number of carboxylic acid groups (broad SMARTS) is 1. The van der Waals surface area contributed by atoms with E-state index in [1.54, 1.807) is 0 Å². The van der Waals surface area contributed by atoms with Crippen LogP contribution in [0.4, 0.5) is 0 Å². The summed E-state index contributed by atoms with van der Waals surface area (Å²) in [5.41, 5.74) is 16.3. The molecule has 13 nitrogen and oxygen atoms in total. The number of nitrogens with zero attached hydrogens (tertiary/aromatic N) is 1. The van der Waals surface area contributed by atoms with E-state index in [9.17, 15) is 24.3 Å². The first kappa shape index (κ1) is 29.4. The Morgan fingerprint density at radius 3 is 1.97 bits per heavy atom. The van der Waals surface area contributed by atoms with Gasteiger partial charge in [0.15, 0.2) is 5.96 Å². The highest BCUT2D eigenvalue weighted by Gasteiger charge is 2.30. The molecule has 0 spiro atoms. The van der Waals surface area contributed by atoms with Crippen molar-refractivity contribution in [2.75, 3.05) is 18.9 Å². The van der Waals surface area contributed by atoms with Gasteiger partial charge in [-0.25, -0.2) is 4.79 Å². The van der Waals surface area contributed by atoms with Gasteiger partial charge in [0.1, 0.15) is 18.1 Å². The van der Waals surface area contributed by atoms with Crippen molar-refractivity contribution in [2.45, 2.75) is 57.3 Å². The van der Waals surface area contributed by atoms with E-state index < -0.39 is 54.5 Å². The highest BCUT2D eigenvalue weighted by molar-refractivity contribution is 7.80. The maximum Gasteiger partial charge on any atom is 0.327 e. The van der Waals surface area contributed by atoms with Crippen molar-refractivity contribution in [3.8, 4) is 0 Å². The van der Waals surface area contributed by atoms with Gasteiger partial charge in [0.05, 0.1) is 12.6 Å². The minimum Gasteiger partial charge on any atom is -0.480 e. The summed E-state index contributed by atoms with van der Waals surface area (Å²) in [7, 11) is 0. The van der Waals surface area contributed by atoms with E-state index in [4.69, 9.17) is 22.3 Å². The number of aliphatic carboxylic acids is 1. The molecule has 0 radical (unpaired) electrons. The molecule has 0 aliphatic rings. The molecule has 4 atom stereocenters. The molecular formula is C18H35N7O6S. The Morgan fingerprint density at radius 2 is 1.50 bits per heavy atom. The molecule has 0 aromatic carbocycles. The molecule has 0 aliphatic heterocycles. The monoisotopic (exact) mass is 477 g/mol. The largest absolute Gasteiger partial charge is 0.480 e. The number of amides is 3. The molecule has 184 valence electrons. The van der Waals surface area contributed by atoms with Crippen LogP contribution in [0.25, 0.3) is 0 Å². The number of nitrogens with two attached hydrogens (primary N) is 3. The van der Waals surface area contributed by atoms with Gasteiger partial charge >= 0.3 is 5.97 Å². The molecule has 0 aliphatic carbocycles. The van der Waals surface area contributed by atoms with E-state index in [2.05, 4.69) is 33.6 Å². The summed E-state index contributed by atoms with van der Waals surface area (Å²) >= 11 is 3.84. The van der Waals surface area contributed by atoms with Crippen molar-refractivity contribution in [3.05, 3.63) is 0 Å². The van der Waals surface area contributed by atoms with Crippen LogP contribution >= 0.6 is 12.6 Å². The number of thiol groups is 1. The number of hydrogen-bond acceptors (Lipinski definition) is 8. The SMILES string of the molecule is CC(C)CC(NC(=O)C(N)CCCN=C(N)N)C(=O)NC(CO)C(=O)NC(CS)C(=O)O. The fourth-order valence-corrected chi connectivity index (χ4v) is 2.80. The minimum atomic E-state index is -1.41. The number of aliphatic imine (C=N–C) groups is 1. The summed E-state index contributed by atoms with van der Waals surface area (Å²) < 4.78 is 0. The zero-order valence-electron chi connectivity index (χ0n) is 18.3. The summed E-state index contributed by atoms with van der Waals surface area (Å²) in [6.07, 6.45) is 0.975. The molecule has 0 aromatic heterocycles. The lowest BCUT2D eigenvalue weighted by Gasteiger charge is -2.25. The first-order chi connectivity index (χ1) is 14.9. The molecule has 4 unspecified atom stereocenters. The molecule has 0 heterocycles. The number of carbonyl (C=O) groups excluding carboxylic acids is 3. The van der Waals surface area contributed by atoms with Crippen LogP contribution in [0.15, 0.2) is 4.99 Å². The molecule has 0 rings (SSSR count). The second-order valence-corrected chi connectivity index (χ2v) is 7.94. The summed E-state index contributed by atoms with van der Waals surface area (Å²) in [5.74, 6) is -3.73. The van der Waals surface area contributed by atoms with Crippen LogP contribution in [0, 0.1) is 5.92 Å². The third kappa shape index (κ3) is 11.7. The third-order valence-electron chi connectivity index (χ3n) is 4.26.